The lowest BCUT2D eigenvalue weighted by Gasteiger charge is -2.22. The standard InChI is InChI=1S/C77H51N3/c1-77(2)68-32-13-12-27-59(68)65-46-56(36-39-69(65)77)75-62-30-11-10-29-61(62)74(55-24-15-21-49(43-55)48-18-4-3-5-19-48)63-38-35-51(44-67(63)75)50-22-14-23-53(42-50)70-33-16-34-71(79-70)54-37-40-72-66(45-54)64-31-17-41-78-76(64)80(72)73-47-52-20-6-7-25-57(52)58-26-8-9-28-60(58)73/h3-47H,1-2H3. The predicted molar refractivity (Wildman–Crippen MR) is 337 cm³/mol. The van der Waals surface area contributed by atoms with Gasteiger partial charge in [-0.25, -0.2) is 9.97 Å². The van der Waals surface area contributed by atoms with Crippen molar-refractivity contribution < 1.29 is 0 Å². The quantitative estimate of drug-likeness (QED) is 0.118. The van der Waals surface area contributed by atoms with E-state index in [1.165, 1.54) is 98.7 Å². The Balaban J connectivity index is 0.833. The zero-order valence-corrected chi connectivity index (χ0v) is 44.3. The smallest absolute Gasteiger partial charge is 0.145 e. The van der Waals surface area contributed by atoms with E-state index in [0.717, 1.165) is 61.3 Å². The highest BCUT2D eigenvalue weighted by Crippen LogP contribution is 2.52. The van der Waals surface area contributed by atoms with Crippen molar-refractivity contribution in [2.75, 3.05) is 0 Å². The monoisotopic (exact) mass is 1020 g/mol. The van der Waals surface area contributed by atoms with Gasteiger partial charge in [0.25, 0.3) is 0 Å². The van der Waals surface area contributed by atoms with Crippen molar-refractivity contribution in [3.8, 4) is 83.8 Å². The van der Waals surface area contributed by atoms with Gasteiger partial charge in [-0.3, -0.25) is 4.57 Å². The van der Waals surface area contributed by atoms with Crippen LogP contribution in [-0.2, 0) is 5.41 Å². The molecule has 0 spiro atoms. The van der Waals surface area contributed by atoms with Crippen molar-refractivity contribution in [3.05, 3.63) is 284 Å². The molecule has 0 aliphatic heterocycles. The van der Waals surface area contributed by atoms with Crippen LogP contribution in [0.15, 0.2) is 273 Å². The molecule has 0 unspecified atom stereocenters. The Kier molecular flexibility index (Phi) is 10.3. The SMILES string of the molecule is CC1(C)c2ccccc2-c2cc(-c3c4ccccc4c(-c4cccc(-c5ccccc5)c4)c4ccc(-c5cccc(-c6cccc(-c7ccc8c(c7)c7cccnc7n8-c7cc8ccccc8c8ccccc78)n6)c5)cc34)ccc21. The average molecular weight is 1020 g/mol. The molecule has 1 aliphatic carbocycles. The molecule has 0 atom stereocenters. The van der Waals surface area contributed by atoms with Gasteiger partial charge in [0.05, 0.1) is 22.6 Å². The molecular weight excluding hydrogens is 967 g/mol. The summed E-state index contributed by atoms with van der Waals surface area (Å²) >= 11 is 0. The van der Waals surface area contributed by atoms with E-state index in [0.29, 0.717) is 0 Å². The van der Waals surface area contributed by atoms with E-state index in [1.807, 2.05) is 12.3 Å². The van der Waals surface area contributed by atoms with Crippen molar-refractivity contribution in [2.45, 2.75) is 19.3 Å². The summed E-state index contributed by atoms with van der Waals surface area (Å²) < 4.78 is 2.34. The number of hydrogen-bond donors (Lipinski definition) is 0. The molecule has 1 aliphatic rings. The molecule has 3 nitrogen and oxygen atoms in total. The van der Waals surface area contributed by atoms with Gasteiger partial charge in [0.2, 0.25) is 0 Å². The van der Waals surface area contributed by atoms with Crippen LogP contribution in [-0.4, -0.2) is 14.5 Å². The number of pyridine rings is 2. The van der Waals surface area contributed by atoms with Gasteiger partial charge in [0, 0.05) is 38.9 Å². The molecule has 16 rings (SSSR count). The third-order valence-electron chi connectivity index (χ3n) is 17.2. The third kappa shape index (κ3) is 7.14. The van der Waals surface area contributed by atoms with Crippen molar-refractivity contribution in [3.63, 3.8) is 0 Å². The fourth-order valence-electron chi connectivity index (χ4n) is 13.4. The normalized spacial score (nSPS) is 12.7. The zero-order chi connectivity index (χ0) is 53.1. The number of nitrogens with zero attached hydrogens (tertiary/aromatic N) is 3. The molecule has 0 fully saturated rings. The topological polar surface area (TPSA) is 30.7 Å². The van der Waals surface area contributed by atoms with Gasteiger partial charge in [-0.2, -0.15) is 0 Å². The summed E-state index contributed by atoms with van der Waals surface area (Å²) in [5, 5.41) is 12.0. The lowest BCUT2D eigenvalue weighted by molar-refractivity contribution is 0.660. The highest BCUT2D eigenvalue weighted by molar-refractivity contribution is 6.22. The molecule has 3 heterocycles. The first-order chi connectivity index (χ1) is 39.4. The number of rotatable bonds is 7. The first-order valence-electron chi connectivity index (χ1n) is 27.7. The molecule has 0 bridgehead atoms. The maximum atomic E-state index is 5.42. The van der Waals surface area contributed by atoms with Crippen LogP contribution in [0.3, 0.4) is 0 Å². The van der Waals surface area contributed by atoms with Crippen LogP contribution < -0.4 is 0 Å². The molecular formula is C77H51N3. The Labute approximate surface area is 464 Å². The van der Waals surface area contributed by atoms with E-state index in [1.54, 1.807) is 0 Å². The van der Waals surface area contributed by atoms with E-state index in [4.69, 9.17) is 9.97 Å². The second-order valence-electron chi connectivity index (χ2n) is 22.0. The molecule has 374 valence electrons. The summed E-state index contributed by atoms with van der Waals surface area (Å²) in [4.78, 5) is 10.4. The van der Waals surface area contributed by atoms with Crippen molar-refractivity contribution >= 4 is 65.0 Å². The summed E-state index contributed by atoms with van der Waals surface area (Å²) in [5.41, 5.74) is 22.0. The van der Waals surface area contributed by atoms with Gasteiger partial charge in [-0.15, -0.1) is 0 Å². The van der Waals surface area contributed by atoms with Gasteiger partial charge < -0.3 is 0 Å². The fraction of sp³-hybridized carbons (Fsp3) is 0.0390. The Bertz CT molecular complexity index is 5040. The molecule has 0 saturated heterocycles. The van der Waals surface area contributed by atoms with E-state index in [9.17, 15) is 0 Å². The van der Waals surface area contributed by atoms with Crippen molar-refractivity contribution in [1.29, 1.82) is 0 Å². The first-order valence-corrected chi connectivity index (χ1v) is 27.7. The second-order valence-corrected chi connectivity index (χ2v) is 22.0. The Morgan fingerprint density at radius 2 is 0.850 bits per heavy atom. The lowest BCUT2D eigenvalue weighted by Crippen LogP contribution is -2.14. The lowest BCUT2D eigenvalue weighted by atomic mass is 9.81. The molecule has 15 aromatic rings. The number of benzene rings is 12. The highest BCUT2D eigenvalue weighted by atomic mass is 15.0. The van der Waals surface area contributed by atoms with E-state index in [-0.39, 0.29) is 5.41 Å². The third-order valence-corrected chi connectivity index (χ3v) is 17.2. The minimum absolute atomic E-state index is 0.0865. The predicted octanol–water partition coefficient (Wildman–Crippen LogP) is 20.5. The fourth-order valence-corrected chi connectivity index (χ4v) is 13.4. The maximum absolute atomic E-state index is 5.42. The summed E-state index contributed by atoms with van der Waals surface area (Å²) in [6.45, 7) is 4.72. The minimum atomic E-state index is -0.0865. The molecule has 3 heteroatoms. The number of fused-ring (bicyclic) bond motifs is 11. The molecule has 0 saturated carbocycles. The van der Waals surface area contributed by atoms with Crippen LogP contribution in [0, 0.1) is 0 Å². The Morgan fingerprint density at radius 1 is 0.312 bits per heavy atom. The highest BCUT2D eigenvalue weighted by Gasteiger charge is 2.35. The van der Waals surface area contributed by atoms with Gasteiger partial charge in [0.15, 0.2) is 0 Å². The molecule has 3 aromatic heterocycles. The maximum Gasteiger partial charge on any atom is 0.145 e. The molecule has 12 aromatic carbocycles. The van der Waals surface area contributed by atoms with Gasteiger partial charge in [0.1, 0.15) is 5.65 Å². The molecule has 0 N–H and O–H groups in total. The average Bonchev–Trinajstić information content (AvgIpc) is 4.02. The summed E-state index contributed by atoms with van der Waals surface area (Å²) in [6, 6.07) is 98.1. The van der Waals surface area contributed by atoms with Crippen LogP contribution in [0.4, 0.5) is 0 Å². The van der Waals surface area contributed by atoms with E-state index in [2.05, 4.69) is 279 Å². The minimum Gasteiger partial charge on any atom is -0.293 e. The summed E-state index contributed by atoms with van der Waals surface area (Å²) in [7, 11) is 0. The van der Waals surface area contributed by atoms with Crippen LogP contribution in [0.1, 0.15) is 25.0 Å². The van der Waals surface area contributed by atoms with Gasteiger partial charge in [-0.05, 0) is 171 Å². The molecule has 0 radical (unpaired) electrons. The zero-order valence-electron chi connectivity index (χ0n) is 44.3. The summed E-state index contributed by atoms with van der Waals surface area (Å²) in [5.74, 6) is 0. The van der Waals surface area contributed by atoms with Crippen LogP contribution in [0.5, 0.6) is 0 Å². The van der Waals surface area contributed by atoms with Crippen molar-refractivity contribution in [2.24, 2.45) is 0 Å². The van der Waals surface area contributed by atoms with Crippen LogP contribution in [0.2, 0.25) is 0 Å². The first kappa shape index (κ1) is 45.9. The largest absolute Gasteiger partial charge is 0.293 e. The Morgan fingerprint density at radius 3 is 1.68 bits per heavy atom. The van der Waals surface area contributed by atoms with Gasteiger partial charge >= 0.3 is 0 Å². The van der Waals surface area contributed by atoms with Crippen LogP contribution >= 0.6 is 0 Å². The molecule has 80 heavy (non-hydrogen) atoms. The van der Waals surface area contributed by atoms with Crippen LogP contribution in [0.25, 0.3) is 149 Å². The van der Waals surface area contributed by atoms with E-state index < -0.39 is 0 Å². The molecule has 0 amide bonds. The second kappa shape index (κ2) is 17.9. The van der Waals surface area contributed by atoms with Crippen molar-refractivity contribution in [1.82, 2.24) is 14.5 Å². The van der Waals surface area contributed by atoms with Gasteiger partial charge in [-0.1, -0.05) is 214 Å². The number of aromatic nitrogens is 3. The Hall–Kier alpha value is -10.2. The summed E-state index contributed by atoms with van der Waals surface area (Å²) in [6.07, 6.45) is 1.90. The van der Waals surface area contributed by atoms with E-state index >= 15 is 0 Å². The number of hydrogen-bond acceptors (Lipinski definition) is 2.